The van der Waals surface area contributed by atoms with Crippen molar-refractivity contribution < 1.29 is 27.1 Å². The summed E-state index contributed by atoms with van der Waals surface area (Å²) in [6.07, 6.45) is -0.874. The van der Waals surface area contributed by atoms with E-state index in [0.717, 1.165) is 0 Å². The normalized spacial score (nSPS) is 21.5. The number of benzene rings is 2. The van der Waals surface area contributed by atoms with Crippen molar-refractivity contribution >= 4 is 23.9 Å². The molecule has 8 heteroatoms. The summed E-state index contributed by atoms with van der Waals surface area (Å²) in [5.41, 5.74) is 0.245. The smallest absolute Gasteiger partial charge is 0.265 e. The molecule has 0 spiro atoms. The molecule has 31 heavy (non-hydrogen) atoms. The molecule has 0 radical (unpaired) electrons. The predicted molar refractivity (Wildman–Crippen MR) is 122 cm³/mol. The van der Waals surface area contributed by atoms with Gasteiger partial charge in [0.2, 0.25) is 15.6 Å². The summed E-state index contributed by atoms with van der Waals surface area (Å²) in [6, 6.07) is 14.3. The highest BCUT2D eigenvalue weighted by Gasteiger charge is 2.72. The minimum atomic E-state index is -4.11. The average molecular weight is 463 g/mol. The van der Waals surface area contributed by atoms with Crippen molar-refractivity contribution in [2.45, 2.75) is 54.8 Å². The standard InChI is InChI=1S/C23H30O6SSi/c1-22(2,3)31(5,6)28-16-20-23(29-20,30(25,26)19-10-8-7-9-11-19)21(24)17-12-14-18(27-4)15-13-17/h7-15,20H,16H2,1-6H3/t20-,23+/m0/s1. The van der Waals surface area contributed by atoms with E-state index in [-0.39, 0.29) is 22.1 Å². The van der Waals surface area contributed by atoms with Crippen LogP contribution in [0, 0.1) is 0 Å². The number of Topliss-reactive ketones (excluding diaryl/α,β-unsaturated/α-hetero) is 1. The summed E-state index contributed by atoms with van der Waals surface area (Å²) < 4.78 is 44.2. The first-order chi connectivity index (χ1) is 14.4. The maximum atomic E-state index is 13.6. The first-order valence-electron chi connectivity index (χ1n) is 10.2. The van der Waals surface area contributed by atoms with Crippen molar-refractivity contribution in [3.8, 4) is 5.75 Å². The van der Waals surface area contributed by atoms with Crippen LogP contribution in [-0.4, -0.2) is 47.3 Å². The van der Waals surface area contributed by atoms with Gasteiger partial charge in [-0.1, -0.05) is 39.0 Å². The van der Waals surface area contributed by atoms with Crippen molar-refractivity contribution in [2.75, 3.05) is 13.7 Å². The Hall–Kier alpha value is -2.00. The highest BCUT2D eigenvalue weighted by Crippen LogP contribution is 2.49. The number of hydrogen-bond donors (Lipinski definition) is 0. The molecule has 3 rings (SSSR count). The van der Waals surface area contributed by atoms with Gasteiger partial charge in [-0.05, 0) is 54.5 Å². The van der Waals surface area contributed by atoms with Gasteiger partial charge in [0.05, 0.1) is 18.6 Å². The maximum absolute atomic E-state index is 13.6. The number of ketones is 1. The molecule has 1 aliphatic heterocycles. The highest BCUT2D eigenvalue weighted by atomic mass is 32.2. The first-order valence-corrected chi connectivity index (χ1v) is 14.6. The van der Waals surface area contributed by atoms with Crippen molar-refractivity contribution in [3.63, 3.8) is 0 Å². The molecule has 0 saturated carbocycles. The third kappa shape index (κ3) is 4.22. The summed E-state index contributed by atoms with van der Waals surface area (Å²) in [7, 11) is -4.74. The zero-order valence-electron chi connectivity index (χ0n) is 18.8. The second-order valence-electron chi connectivity index (χ2n) is 9.22. The van der Waals surface area contributed by atoms with Crippen LogP contribution in [0.3, 0.4) is 0 Å². The van der Waals surface area contributed by atoms with Crippen molar-refractivity contribution in [3.05, 3.63) is 60.2 Å². The van der Waals surface area contributed by atoms with Crippen LogP contribution >= 0.6 is 0 Å². The van der Waals surface area contributed by atoms with E-state index in [4.69, 9.17) is 13.9 Å². The number of rotatable bonds is 8. The van der Waals surface area contributed by atoms with Gasteiger partial charge in [-0.2, -0.15) is 0 Å². The third-order valence-corrected chi connectivity index (χ3v) is 12.9. The van der Waals surface area contributed by atoms with E-state index in [2.05, 4.69) is 33.9 Å². The summed E-state index contributed by atoms with van der Waals surface area (Å²) in [4.78, 5) is 11.5. The van der Waals surface area contributed by atoms with Crippen LogP contribution < -0.4 is 4.74 Å². The summed E-state index contributed by atoms with van der Waals surface area (Å²) in [6.45, 7) is 10.5. The lowest BCUT2D eigenvalue weighted by Crippen LogP contribution is -2.43. The van der Waals surface area contributed by atoms with Crippen LogP contribution in [0.25, 0.3) is 0 Å². The maximum Gasteiger partial charge on any atom is 0.265 e. The summed E-state index contributed by atoms with van der Waals surface area (Å²) in [5.74, 6) is -0.0196. The van der Waals surface area contributed by atoms with E-state index >= 15 is 0 Å². The lowest BCUT2D eigenvalue weighted by atomic mass is 10.1. The summed E-state index contributed by atoms with van der Waals surface area (Å²) in [5, 5.41) is -0.0527. The second kappa shape index (κ2) is 8.16. The van der Waals surface area contributed by atoms with Crippen LogP contribution in [0.2, 0.25) is 18.1 Å². The topological polar surface area (TPSA) is 82.2 Å². The second-order valence-corrected chi connectivity index (χ2v) is 16.1. The lowest BCUT2D eigenvalue weighted by Gasteiger charge is -2.36. The minimum absolute atomic E-state index is 0.0461. The van der Waals surface area contributed by atoms with Crippen LogP contribution in [0.5, 0.6) is 5.75 Å². The van der Waals surface area contributed by atoms with Gasteiger partial charge in [0, 0.05) is 5.56 Å². The molecule has 1 heterocycles. The zero-order chi connectivity index (χ0) is 23.1. The van der Waals surface area contributed by atoms with E-state index < -0.39 is 35.0 Å². The molecule has 0 aromatic heterocycles. The molecule has 0 unspecified atom stereocenters. The molecule has 1 aliphatic rings. The Morgan fingerprint density at radius 1 is 1.06 bits per heavy atom. The van der Waals surface area contributed by atoms with E-state index in [1.165, 1.54) is 19.2 Å². The molecule has 2 aromatic carbocycles. The van der Waals surface area contributed by atoms with Crippen LogP contribution in [0.1, 0.15) is 31.1 Å². The fraction of sp³-hybridized carbons (Fsp3) is 0.435. The molecule has 0 aliphatic carbocycles. The van der Waals surface area contributed by atoms with Crippen molar-refractivity contribution in [2.24, 2.45) is 0 Å². The molecule has 0 amide bonds. The number of methoxy groups -OCH3 is 1. The molecule has 0 N–H and O–H groups in total. The fourth-order valence-corrected chi connectivity index (χ4v) is 5.98. The Kier molecular flexibility index (Phi) is 6.23. The molecule has 2 atom stereocenters. The number of hydrogen-bond acceptors (Lipinski definition) is 6. The molecule has 0 bridgehead atoms. The van der Waals surface area contributed by atoms with E-state index in [1.54, 1.807) is 42.5 Å². The first kappa shape index (κ1) is 23.7. The van der Waals surface area contributed by atoms with Gasteiger partial charge in [0.25, 0.3) is 4.93 Å². The Morgan fingerprint density at radius 3 is 2.16 bits per heavy atom. The number of carbonyl (C=O) groups is 1. The monoisotopic (exact) mass is 462 g/mol. The minimum Gasteiger partial charge on any atom is -0.497 e. The van der Waals surface area contributed by atoms with E-state index in [9.17, 15) is 13.2 Å². The highest BCUT2D eigenvalue weighted by molar-refractivity contribution is 7.93. The van der Waals surface area contributed by atoms with Gasteiger partial charge in [0.15, 0.2) is 8.32 Å². The number of epoxide rings is 1. The number of carbonyl (C=O) groups excluding carboxylic acids is 1. The van der Waals surface area contributed by atoms with Crippen molar-refractivity contribution in [1.29, 1.82) is 0 Å². The van der Waals surface area contributed by atoms with Gasteiger partial charge in [-0.3, -0.25) is 4.79 Å². The third-order valence-electron chi connectivity index (χ3n) is 6.21. The van der Waals surface area contributed by atoms with Crippen LogP contribution in [0.15, 0.2) is 59.5 Å². The van der Waals surface area contributed by atoms with E-state index in [0.29, 0.717) is 5.75 Å². The predicted octanol–water partition coefficient (Wildman–Crippen LogP) is 4.47. The largest absolute Gasteiger partial charge is 0.497 e. The number of ether oxygens (including phenoxy) is 2. The molecule has 2 aromatic rings. The molecule has 1 fully saturated rings. The Bertz CT molecular complexity index is 1040. The van der Waals surface area contributed by atoms with Gasteiger partial charge in [-0.15, -0.1) is 0 Å². The van der Waals surface area contributed by atoms with Gasteiger partial charge in [0.1, 0.15) is 11.9 Å². The Morgan fingerprint density at radius 2 is 1.65 bits per heavy atom. The molecule has 1 saturated heterocycles. The summed E-state index contributed by atoms with van der Waals surface area (Å²) >= 11 is 0. The Balaban J connectivity index is 1.97. The lowest BCUT2D eigenvalue weighted by molar-refractivity contribution is 0.0930. The van der Waals surface area contributed by atoms with Gasteiger partial charge >= 0.3 is 0 Å². The molecule has 6 nitrogen and oxygen atoms in total. The molecular weight excluding hydrogens is 432 g/mol. The quantitative estimate of drug-likeness (QED) is 0.327. The van der Waals surface area contributed by atoms with Gasteiger partial charge in [-0.25, -0.2) is 8.42 Å². The molecule has 168 valence electrons. The van der Waals surface area contributed by atoms with Crippen LogP contribution in [-0.2, 0) is 19.0 Å². The SMILES string of the molecule is COc1ccc(C(=O)[C@@]2(S(=O)(=O)c3ccccc3)O[C@H]2CO[Si](C)(C)C(C)(C)C)cc1. The number of sulfone groups is 1. The van der Waals surface area contributed by atoms with Gasteiger partial charge < -0.3 is 13.9 Å². The van der Waals surface area contributed by atoms with E-state index in [1.807, 2.05) is 0 Å². The Labute approximate surface area is 185 Å². The fourth-order valence-electron chi connectivity index (χ4n) is 3.10. The molecular formula is C23H30O6SSi. The van der Waals surface area contributed by atoms with Crippen molar-refractivity contribution in [1.82, 2.24) is 0 Å². The average Bonchev–Trinajstić information content (AvgIpc) is 3.48. The zero-order valence-corrected chi connectivity index (χ0v) is 20.7. The van der Waals surface area contributed by atoms with Crippen LogP contribution in [0.4, 0.5) is 0 Å².